The van der Waals surface area contributed by atoms with Crippen LogP contribution in [-0.2, 0) is 9.53 Å². The molecule has 0 spiro atoms. The highest BCUT2D eigenvalue weighted by atomic mass is 16.5. The third kappa shape index (κ3) is 4.12. The van der Waals surface area contributed by atoms with Crippen LogP contribution in [0, 0.1) is 5.41 Å². The highest BCUT2D eigenvalue weighted by Crippen LogP contribution is 2.23. The molecule has 0 aliphatic carbocycles. The van der Waals surface area contributed by atoms with Crippen molar-refractivity contribution in [3.63, 3.8) is 0 Å². The molecule has 1 rings (SSSR count). The predicted octanol–water partition coefficient (Wildman–Crippen LogP) is 2.45. The first-order chi connectivity index (χ1) is 7.56. The smallest absolute Gasteiger partial charge is 0.311 e. The van der Waals surface area contributed by atoms with Crippen molar-refractivity contribution in [1.29, 1.82) is 0 Å². The lowest BCUT2D eigenvalue weighted by molar-refractivity contribution is -0.154. The van der Waals surface area contributed by atoms with Crippen molar-refractivity contribution < 1.29 is 9.53 Å². The molecule has 0 amide bonds. The topological polar surface area (TPSA) is 29.5 Å². The summed E-state index contributed by atoms with van der Waals surface area (Å²) in [5.41, 5.74) is -0.340. The van der Waals surface area contributed by atoms with Crippen molar-refractivity contribution in [2.75, 3.05) is 26.2 Å². The SMILES string of the molecule is CCOC(=O)C(C)(C)CCN1CCCCC1. The maximum absolute atomic E-state index is 11.7. The van der Waals surface area contributed by atoms with E-state index in [1.165, 1.54) is 32.4 Å². The van der Waals surface area contributed by atoms with Crippen LogP contribution in [0.5, 0.6) is 0 Å². The van der Waals surface area contributed by atoms with E-state index in [1.807, 2.05) is 20.8 Å². The Balaban J connectivity index is 2.31. The van der Waals surface area contributed by atoms with Gasteiger partial charge in [0.25, 0.3) is 0 Å². The van der Waals surface area contributed by atoms with Crippen molar-refractivity contribution in [1.82, 2.24) is 4.90 Å². The second-order valence-electron chi connectivity index (χ2n) is 5.26. The van der Waals surface area contributed by atoms with E-state index in [-0.39, 0.29) is 11.4 Å². The van der Waals surface area contributed by atoms with Crippen LogP contribution in [0.1, 0.15) is 46.5 Å². The molecule has 0 aromatic rings. The van der Waals surface area contributed by atoms with Gasteiger partial charge in [0.15, 0.2) is 0 Å². The molecule has 0 unspecified atom stereocenters. The highest BCUT2D eigenvalue weighted by molar-refractivity contribution is 5.75. The third-order valence-electron chi connectivity index (χ3n) is 3.33. The van der Waals surface area contributed by atoms with Crippen molar-refractivity contribution >= 4 is 5.97 Å². The van der Waals surface area contributed by atoms with Gasteiger partial charge in [-0.25, -0.2) is 0 Å². The van der Waals surface area contributed by atoms with Crippen molar-refractivity contribution in [2.45, 2.75) is 46.5 Å². The van der Waals surface area contributed by atoms with Crippen molar-refractivity contribution in [3.05, 3.63) is 0 Å². The Labute approximate surface area is 99.1 Å². The lowest BCUT2D eigenvalue weighted by Gasteiger charge is -2.30. The number of hydrogen-bond acceptors (Lipinski definition) is 3. The standard InChI is InChI=1S/C13H25NO2/c1-4-16-12(15)13(2,3)8-11-14-9-6-5-7-10-14/h4-11H2,1-3H3. The zero-order valence-electron chi connectivity index (χ0n) is 10.9. The van der Waals surface area contributed by atoms with Crippen LogP contribution < -0.4 is 0 Å². The van der Waals surface area contributed by atoms with E-state index in [2.05, 4.69) is 4.90 Å². The molecular formula is C13H25NO2. The van der Waals surface area contributed by atoms with Crippen LogP contribution in [0.25, 0.3) is 0 Å². The normalized spacial score (nSPS) is 18.4. The minimum absolute atomic E-state index is 0.0630. The third-order valence-corrected chi connectivity index (χ3v) is 3.33. The summed E-state index contributed by atoms with van der Waals surface area (Å²) in [7, 11) is 0. The lowest BCUT2D eigenvalue weighted by Crippen LogP contribution is -2.35. The molecule has 1 aliphatic heterocycles. The number of piperidine rings is 1. The van der Waals surface area contributed by atoms with Gasteiger partial charge in [-0.1, -0.05) is 6.42 Å². The Morgan fingerprint density at radius 3 is 2.44 bits per heavy atom. The summed E-state index contributed by atoms with van der Waals surface area (Å²) >= 11 is 0. The molecule has 3 heteroatoms. The summed E-state index contributed by atoms with van der Waals surface area (Å²) in [4.78, 5) is 14.2. The van der Waals surface area contributed by atoms with E-state index < -0.39 is 0 Å². The predicted molar refractivity (Wildman–Crippen MR) is 65.3 cm³/mol. The van der Waals surface area contributed by atoms with Gasteiger partial charge >= 0.3 is 5.97 Å². The average molecular weight is 227 g/mol. The summed E-state index contributed by atoms with van der Waals surface area (Å²) < 4.78 is 5.09. The zero-order chi connectivity index (χ0) is 12.0. The lowest BCUT2D eigenvalue weighted by atomic mass is 9.89. The molecule has 1 saturated heterocycles. The van der Waals surface area contributed by atoms with E-state index in [1.54, 1.807) is 0 Å². The van der Waals surface area contributed by atoms with Crippen LogP contribution in [0.15, 0.2) is 0 Å². The maximum Gasteiger partial charge on any atom is 0.311 e. The number of nitrogens with zero attached hydrogens (tertiary/aromatic N) is 1. The fraction of sp³-hybridized carbons (Fsp3) is 0.923. The Bertz CT molecular complexity index is 220. The largest absolute Gasteiger partial charge is 0.466 e. The van der Waals surface area contributed by atoms with Gasteiger partial charge in [0, 0.05) is 0 Å². The molecule has 0 radical (unpaired) electrons. The molecule has 1 heterocycles. The second kappa shape index (κ2) is 6.24. The molecule has 3 nitrogen and oxygen atoms in total. The van der Waals surface area contributed by atoms with Gasteiger partial charge < -0.3 is 9.64 Å². The summed E-state index contributed by atoms with van der Waals surface area (Å²) in [6, 6.07) is 0. The fourth-order valence-corrected chi connectivity index (χ4v) is 2.05. The van der Waals surface area contributed by atoms with Crippen LogP contribution >= 0.6 is 0 Å². The number of carbonyl (C=O) groups excluding carboxylic acids is 1. The number of ether oxygens (including phenoxy) is 1. The minimum Gasteiger partial charge on any atom is -0.466 e. The molecular weight excluding hydrogens is 202 g/mol. The molecule has 1 aliphatic rings. The van der Waals surface area contributed by atoms with Crippen LogP contribution in [0.3, 0.4) is 0 Å². The average Bonchev–Trinajstić information content (AvgIpc) is 2.28. The Morgan fingerprint density at radius 1 is 1.25 bits per heavy atom. The molecule has 0 aromatic carbocycles. The fourth-order valence-electron chi connectivity index (χ4n) is 2.05. The van der Waals surface area contributed by atoms with Crippen LogP contribution in [0.2, 0.25) is 0 Å². The van der Waals surface area contributed by atoms with Crippen LogP contribution in [0.4, 0.5) is 0 Å². The van der Waals surface area contributed by atoms with Gasteiger partial charge in [0.05, 0.1) is 12.0 Å². The van der Waals surface area contributed by atoms with E-state index in [0.29, 0.717) is 6.61 Å². The quantitative estimate of drug-likeness (QED) is 0.676. The molecule has 0 bridgehead atoms. The first kappa shape index (κ1) is 13.5. The van der Waals surface area contributed by atoms with Crippen LogP contribution in [-0.4, -0.2) is 37.1 Å². The van der Waals surface area contributed by atoms with Crippen molar-refractivity contribution in [3.8, 4) is 0 Å². The van der Waals surface area contributed by atoms with Crippen molar-refractivity contribution in [2.24, 2.45) is 5.41 Å². The van der Waals surface area contributed by atoms with Gasteiger partial charge in [-0.05, 0) is 59.7 Å². The molecule has 1 fully saturated rings. The van der Waals surface area contributed by atoms with Gasteiger partial charge in [0.1, 0.15) is 0 Å². The number of likely N-dealkylation sites (tertiary alicyclic amines) is 1. The van der Waals surface area contributed by atoms with E-state index in [4.69, 9.17) is 4.74 Å². The van der Waals surface area contributed by atoms with E-state index in [9.17, 15) is 4.79 Å². The molecule has 94 valence electrons. The number of hydrogen-bond donors (Lipinski definition) is 0. The number of carbonyl (C=O) groups is 1. The van der Waals surface area contributed by atoms with Gasteiger partial charge in [0.2, 0.25) is 0 Å². The summed E-state index contributed by atoms with van der Waals surface area (Å²) in [5, 5.41) is 0. The number of rotatable bonds is 5. The Hall–Kier alpha value is -0.570. The first-order valence-corrected chi connectivity index (χ1v) is 6.46. The highest BCUT2D eigenvalue weighted by Gasteiger charge is 2.29. The van der Waals surface area contributed by atoms with E-state index >= 15 is 0 Å². The molecule has 0 saturated carbocycles. The summed E-state index contributed by atoms with van der Waals surface area (Å²) in [6.45, 7) is 9.71. The van der Waals surface area contributed by atoms with Gasteiger partial charge in [-0.2, -0.15) is 0 Å². The zero-order valence-corrected chi connectivity index (χ0v) is 10.9. The molecule has 0 aromatic heterocycles. The second-order valence-corrected chi connectivity index (χ2v) is 5.26. The summed E-state index contributed by atoms with van der Waals surface area (Å²) in [5.74, 6) is -0.0630. The Kier molecular flexibility index (Phi) is 5.26. The molecule has 16 heavy (non-hydrogen) atoms. The maximum atomic E-state index is 11.7. The van der Waals surface area contributed by atoms with Gasteiger partial charge in [-0.15, -0.1) is 0 Å². The van der Waals surface area contributed by atoms with E-state index in [0.717, 1.165) is 13.0 Å². The molecule has 0 atom stereocenters. The Morgan fingerprint density at radius 2 is 1.88 bits per heavy atom. The minimum atomic E-state index is -0.340. The number of esters is 1. The molecule has 0 N–H and O–H groups in total. The van der Waals surface area contributed by atoms with Gasteiger partial charge in [-0.3, -0.25) is 4.79 Å². The summed E-state index contributed by atoms with van der Waals surface area (Å²) in [6.07, 6.45) is 4.86. The monoisotopic (exact) mass is 227 g/mol. The first-order valence-electron chi connectivity index (χ1n) is 6.46.